The predicted octanol–water partition coefficient (Wildman–Crippen LogP) is -0.247. The Hall–Kier alpha value is -1.40. The van der Waals surface area contributed by atoms with Gasteiger partial charge in [-0.15, -0.1) is 0 Å². The Bertz CT molecular complexity index is 361. The van der Waals surface area contributed by atoms with E-state index in [1.807, 2.05) is 4.57 Å². The number of fused-ring (bicyclic) bond motifs is 1. The molecule has 0 radical (unpaired) electrons. The van der Waals surface area contributed by atoms with Gasteiger partial charge >= 0.3 is 0 Å². The molecule has 0 spiro atoms. The van der Waals surface area contributed by atoms with Crippen molar-refractivity contribution in [3.05, 3.63) is 12.0 Å². The van der Waals surface area contributed by atoms with Crippen LogP contribution in [0.5, 0.6) is 0 Å². The Labute approximate surface area is 87.3 Å². The van der Waals surface area contributed by atoms with E-state index in [-0.39, 0.29) is 6.61 Å². The molecule has 1 aliphatic rings. The number of nitrogens with zero attached hydrogens (tertiary/aromatic N) is 3. The van der Waals surface area contributed by atoms with Crippen LogP contribution in [-0.4, -0.2) is 39.3 Å². The summed E-state index contributed by atoms with van der Waals surface area (Å²) in [6.45, 7) is 1.12. The normalized spacial score (nSPS) is 19.5. The smallest absolute Gasteiger partial charge is 0.155 e. The summed E-state index contributed by atoms with van der Waals surface area (Å²) in [5.74, 6) is 0.640. The zero-order valence-electron chi connectivity index (χ0n) is 8.30. The number of imidazole rings is 1. The van der Waals surface area contributed by atoms with Gasteiger partial charge in [-0.2, -0.15) is 0 Å². The van der Waals surface area contributed by atoms with Crippen molar-refractivity contribution in [2.75, 3.05) is 18.5 Å². The number of rotatable bonds is 3. The number of aromatic nitrogens is 2. The summed E-state index contributed by atoms with van der Waals surface area (Å²) < 4.78 is 1.85. The molecule has 0 bridgehead atoms. The van der Waals surface area contributed by atoms with Gasteiger partial charge in [0, 0.05) is 13.2 Å². The number of aliphatic hydroxyl groups is 2. The third-order valence-corrected chi connectivity index (χ3v) is 2.32. The van der Waals surface area contributed by atoms with Crippen LogP contribution in [0.3, 0.4) is 0 Å². The van der Waals surface area contributed by atoms with Crippen molar-refractivity contribution >= 4 is 12.2 Å². The highest BCUT2D eigenvalue weighted by atomic mass is 16.3. The fourth-order valence-electron chi connectivity index (χ4n) is 1.62. The van der Waals surface area contributed by atoms with Crippen LogP contribution >= 0.6 is 0 Å². The molecule has 0 saturated heterocycles. The molecule has 0 saturated carbocycles. The summed E-state index contributed by atoms with van der Waals surface area (Å²) in [7, 11) is 0. The van der Waals surface area contributed by atoms with E-state index < -0.39 is 6.10 Å². The van der Waals surface area contributed by atoms with Crippen LogP contribution in [0.2, 0.25) is 0 Å². The molecule has 0 amide bonds. The number of aliphatic hydroxyl groups excluding tert-OH is 2. The average molecular weight is 210 g/mol. The molecule has 0 fully saturated rings. The Morgan fingerprint density at radius 1 is 1.60 bits per heavy atom. The molecule has 1 atom stereocenters. The second-order valence-electron chi connectivity index (χ2n) is 3.40. The van der Waals surface area contributed by atoms with E-state index in [0.717, 1.165) is 5.69 Å². The van der Waals surface area contributed by atoms with Crippen molar-refractivity contribution in [3.8, 4) is 0 Å². The maximum absolute atomic E-state index is 9.83. The minimum Gasteiger partial charge on any atom is -0.396 e. The van der Waals surface area contributed by atoms with Crippen LogP contribution in [0.25, 0.3) is 0 Å². The van der Waals surface area contributed by atoms with Gasteiger partial charge in [-0.25, -0.2) is 4.98 Å². The van der Waals surface area contributed by atoms with Gasteiger partial charge in [0.2, 0.25) is 0 Å². The number of aryl methyl sites for hydroxylation is 1. The molecule has 82 valence electrons. The molecule has 2 heterocycles. The Kier molecular flexibility index (Phi) is 2.98. The van der Waals surface area contributed by atoms with Gasteiger partial charge in [-0.1, -0.05) is 0 Å². The Balaban J connectivity index is 2.24. The van der Waals surface area contributed by atoms with Crippen molar-refractivity contribution in [2.24, 2.45) is 4.99 Å². The monoisotopic (exact) mass is 210 g/mol. The van der Waals surface area contributed by atoms with Crippen molar-refractivity contribution in [2.45, 2.75) is 19.1 Å². The van der Waals surface area contributed by atoms with Gasteiger partial charge in [0.15, 0.2) is 5.82 Å². The number of anilines is 1. The van der Waals surface area contributed by atoms with E-state index in [1.165, 1.54) is 0 Å². The van der Waals surface area contributed by atoms with Gasteiger partial charge < -0.3 is 20.1 Å². The van der Waals surface area contributed by atoms with Crippen LogP contribution in [0.15, 0.2) is 11.3 Å². The lowest BCUT2D eigenvalue weighted by atomic mass is 10.2. The lowest BCUT2D eigenvalue weighted by molar-refractivity contribution is 0.177. The van der Waals surface area contributed by atoms with Gasteiger partial charge in [0.05, 0.1) is 24.9 Å². The van der Waals surface area contributed by atoms with Crippen LogP contribution in [-0.2, 0) is 6.54 Å². The first-order valence-corrected chi connectivity index (χ1v) is 4.91. The number of nitrogens with one attached hydrogen (secondary N) is 1. The summed E-state index contributed by atoms with van der Waals surface area (Å²) in [6.07, 6.45) is 3.22. The first-order valence-electron chi connectivity index (χ1n) is 4.91. The summed E-state index contributed by atoms with van der Waals surface area (Å²) in [6, 6.07) is 0. The van der Waals surface area contributed by atoms with E-state index in [4.69, 9.17) is 5.11 Å². The standard InChI is InChI=1S/C9H14N4O2/c14-3-1-2-13-6-12-9-8(13)7(15)4-10-5-11-9/h5-7,14-15H,1-4H2,(H,10,11). The molecule has 1 aromatic heterocycles. The van der Waals surface area contributed by atoms with E-state index in [2.05, 4.69) is 15.3 Å². The molecule has 1 unspecified atom stereocenters. The molecule has 2 rings (SSSR count). The maximum Gasteiger partial charge on any atom is 0.155 e. The zero-order valence-corrected chi connectivity index (χ0v) is 8.30. The SMILES string of the molecule is OCCCn1cnc2c1C(O)CN=CN2. The van der Waals surface area contributed by atoms with Gasteiger partial charge in [-0.05, 0) is 6.42 Å². The molecule has 1 aliphatic heterocycles. The van der Waals surface area contributed by atoms with Crippen LogP contribution in [0, 0.1) is 0 Å². The second-order valence-corrected chi connectivity index (χ2v) is 3.40. The minimum absolute atomic E-state index is 0.132. The third-order valence-electron chi connectivity index (χ3n) is 2.32. The van der Waals surface area contributed by atoms with Gasteiger partial charge in [0.25, 0.3) is 0 Å². The predicted molar refractivity (Wildman–Crippen MR) is 55.9 cm³/mol. The average Bonchev–Trinajstić information content (AvgIpc) is 2.55. The lowest BCUT2D eigenvalue weighted by Crippen LogP contribution is -2.10. The number of hydrogen-bond acceptors (Lipinski definition) is 5. The zero-order chi connectivity index (χ0) is 10.7. The highest BCUT2D eigenvalue weighted by molar-refractivity contribution is 5.75. The second kappa shape index (κ2) is 4.41. The first kappa shape index (κ1) is 10.1. The largest absolute Gasteiger partial charge is 0.396 e. The number of aliphatic imine (C=N–C) groups is 1. The van der Waals surface area contributed by atoms with Crippen molar-refractivity contribution in [3.63, 3.8) is 0 Å². The quantitative estimate of drug-likeness (QED) is 0.642. The summed E-state index contributed by atoms with van der Waals surface area (Å²) >= 11 is 0. The topological polar surface area (TPSA) is 82.7 Å². The lowest BCUT2D eigenvalue weighted by Gasteiger charge is -2.11. The van der Waals surface area contributed by atoms with Gasteiger partial charge in [0.1, 0.15) is 6.10 Å². The summed E-state index contributed by atoms with van der Waals surface area (Å²) in [5.41, 5.74) is 0.737. The first-order chi connectivity index (χ1) is 7.33. The molecule has 1 aromatic rings. The Morgan fingerprint density at radius 2 is 2.47 bits per heavy atom. The van der Waals surface area contributed by atoms with Crippen molar-refractivity contribution in [1.82, 2.24) is 9.55 Å². The van der Waals surface area contributed by atoms with E-state index in [1.54, 1.807) is 12.7 Å². The highest BCUT2D eigenvalue weighted by Gasteiger charge is 2.19. The molecule has 3 N–H and O–H groups in total. The summed E-state index contributed by atoms with van der Waals surface area (Å²) in [4.78, 5) is 8.11. The number of hydrogen-bond donors (Lipinski definition) is 3. The molecular weight excluding hydrogens is 196 g/mol. The van der Waals surface area contributed by atoms with Crippen molar-refractivity contribution in [1.29, 1.82) is 0 Å². The fraction of sp³-hybridized carbons (Fsp3) is 0.556. The Morgan fingerprint density at radius 3 is 3.27 bits per heavy atom. The van der Waals surface area contributed by atoms with Crippen LogP contribution in [0.4, 0.5) is 5.82 Å². The van der Waals surface area contributed by atoms with Crippen LogP contribution < -0.4 is 5.32 Å². The molecule has 15 heavy (non-hydrogen) atoms. The molecular formula is C9H14N4O2. The summed E-state index contributed by atoms with van der Waals surface area (Å²) in [5, 5.41) is 21.5. The fourth-order valence-corrected chi connectivity index (χ4v) is 1.62. The maximum atomic E-state index is 9.83. The van der Waals surface area contributed by atoms with E-state index in [0.29, 0.717) is 25.3 Å². The van der Waals surface area contributed by atoms with Crippen molar-refractivity contribution < 1.29 is 10.2 Å². The van der Waals surface area contributed by atoms with E-state index in [9.17, 15) is 5.11 Å². The molecule has 6 nitrogen and oxygen atoms in total. The van der Waals surface area contributed by atoms with Gasteiger partial charge in [-0.3, -0.25) is 4.99 Å². The molecule has 6 heteroatoms. The molecule has 0 aromatic carbocycles. The highest BCUT2D eigenvalue weighted by Crippen LogP contribution is 2.23. The van der Waals surface area contributed by atoms with E-state index >= 15 is 0 Å². The third kappa shape index (κ3) is 2.00. The molecule has 0 aliphatic carbocycles. The van der Waals surface area contributed by atoms with Crippen LogP contribution in [0.1, 0.15) is 18.2 Å². The minimum atomic E-state index is -0.632.